The molecule has 3 N–H and O–H groups in total. The molecule has 1 amide bonds. The molecule has 1 atom stereocenters. The first kappa shape index (κ1) is 14.5. The third-order valence-electron chi connectivity index (χ3n) is 2.74. The number of carbonyl (C=O) groups is 2. The molecule has 1 rings (SSSR count). The van der Waals surface area contributed by atoms with Crippen molar-refractivity contribution in [3.8, 4) is 0 Å². The van der Waals surface area contributed by atoms with E-state index >= 15 is 0 Å². The van der Waals surface area contributed by atoms with Gasteiger partial charge < -0.3 is 15.7 Å². The molecular formula is C12H15BrN2O3. The summed E-state index contributed by atoms with van der Waals surface area (Å²) in [5, 5.41) is 9.12. The molecule has 0 saturated heterocycles. The standard InChI is InChI=1S/C12H15BrN2O3/c1-3-9(12(17)18)15(2)10-5-4-7(13)6-8(10)11(14)16/h4-6,9H,3H2,1-2H3,(H2,14,16)(H,17,18). The fourth-order valence-corrected chi connectivity index (χ4v) is 2.16. The molecule has 0 spiro atoms. The van der Waals surface area contributed by atoms with Gasteiger partial charge in [0.1, 0.15) is 6.04 Å². The summed E-state index contributed by atoms with van der Waals surface area (Å²) in [6.45, 7) is 1.78. The largest absolute Gasteiger partial charge is 0.480 e. The van der Waals surface area contributed by atoms with Gasteiger partial charge in [0.25, 0.3) is 5.91 Å². The highest BCUT2D eigenvalue weighted by atomic mass is 79.9. The number of carboxylic acid groups (broad SMARTS) is 1. The van der Waals surface area contributed by atoms with E-state index in [1.807, 2.05) is 0 Å². The average molecular weight is 315 g/mol. The van der Waals surface area contributed by atoms with Crippen LogP contribution in [0.4, 0.5) is 5.69 Å². The number of hydrogen-bond acceptors (Lipinski definition) is 3. The lowest BCUT2D eigenvalue weighted by Gasteiger charge is -2.27. The van der Waals surface area contributed by atoms with E-state index in [1.165, 1.54) is 0 Å². The van der Waals surface area contributed by atoms with Gasteiger partial charge in [-0.2, -0.15) is 0 Å². The molecule has 1 aromatic rings. The van der Waals surface area contributed by atoms with E-state index in [4.69, 9.17) is 10.8 Å². The first-order chi connectivity index (χ1) is 8.38. The van der Waals surface area contributed by atoms with E-state index in [0.29, 0.717) is 17.7 Å². The van der Waals surface area contributed by atoms with Crippen LogP contribution in [0.1, 0.15) is 23.7 Å². The molecule has 0 bridgehead atoms. The number of carboxylic acids is 1. The Labute approximate surface area is 114 Å². The van der Waals surface area contributed by atoms with Crippen molar-refractivity contribution in [2.75, 3.05) is 11.9 Å². The SMILES string of the molecule is CCC(C(=O)O)N(C)c1ccc(Br)cc1C(N)=O. The maximum atomic E-state index is 11.4. The van der Waals surface area contributed by atoms with Crippen molar-refractivity contribution in [3.05, 3.63) is 28.2 Å². The molecule has 5 nitrogen and oxygen atoms in total. The highest BCUT2D eigenvalue weighted by molar-refractivity contribution is 9.10. The number of amides is 1. The summed E-state index contributed by atoms with van der Waals surface area (Å²) >= 11 is 3.25. The predicted octanol–water partition coefficient (Wildman–Crippen LogP) is 1.85. The molecule has 6 heteroatoms. The number of nitrogens with zero attached hydrogens (tertiary/aromatic N) is 1. The lowest BCUT2D eigenvalue weighted by molar-refractivity contribution is -0.138. The Morgan fingerprint density at radius 3 is 2.56 bits per heavy atom. The first-order valence-electron chi connectivity index (χ1n) is 5.43. The van der Waals surface area contributed by atoms with E-state index in [9.17, 15) is 9.59 Å². The Hall–Kier alpha value is -1.56. The summed E-state index contributed by atoms with van der Waals surface area (Å²) < 4.78 is 0.719. The highest BCUT2D eigenvalue weighted by Crippen LogP contribution is 2.25. The number of carbonyl (C=O) groups excluding carboxylic acids is 1. The molecule has 0 aromatic heterocycles. The van der Waals surface area contributed by atoms with Crippen LogP contribution in [0, 0.1) is 0 Å². The summed E-state index contributed by atoms with van der Waals surface area (Å²) in [4.78, 5) is 24.1. The summed E-state index contributed by atoms with van der Waals surface area (Å²) in [7, 11) is 1.64. The molecule has 0 heterocycles. The zero-order valence-corrected chi connectivity index (χ0v) is 11.8. The molecule has 1 aromatic carbocycles. The molecule has 18 heavy (non-hydrogen) atoms. The third-order valence-corrected chi connectivity index (χ3v) is 3.24. The zero-order valence-electron chi connectivity index (χ0n) is 10.2. The lowest BCUT2D eigenvalue weighted by Crippen LogP contribution is -2.39. The van der Waals surface area contributed by atoms with Gasteiger partial charge in [-0.25, -0.2) is 4.79 Å². The van der Waals surface area contributed by atoms with Crippen LogP contribution in [0.15, 0.2) is 22.7 Å². The summed E-state index contributed by atoms with van der Waals surface area (Å²) in [5.74, 6) is -1.52. The van der Waals surface area contributed by atoms with Crippen LogP contribution < -0.4 is 10.6 Å². The minimum Gasteiger partial charge on any atom is -0.480 e. The number of halogens is 1. The fourth-order valence-electron chi connectivity index (χ4n) is 1.80. The number of rotatable bonds is 5. The van der Waals surface area contributed by atoms with Crippen LogP contribution in [-0.2, 0) is 4.79 Å². The van der Waals surface area contributed by atoms with Crippen molar-refractivity contribution in [2.24, 2.45) is 5.73 Å². The first-order valence-corrected chi connectivity index (χ1v) is 6.22. The molecule has 0 saturated carbocycles. The van der Waals surface area contributed by atoms with E-state index in [2.05, 4.69) is 15.9 Å². The smallest absolute Gasteiger partial charge is 0.326 e. The average Bonchev–Trinajstić information content (AvgIpc) is 2.28. The van der Waals surface area contributed by atoms with Crippen molar-refractivity contribution in [2.45, 2.75) is 19.4 Å². The summed E-state index contributed by atoms with van der Waals surface area (Å²) in [5.41, 5.74) is 6.12. The number of primary amides is 1. The lowest BCUT2D eigenvalue weighted by atomic mass is 10.1. The molecule has 1 unspecified atom stereocenters. The third kappa shape index (κ3) is 3.01. The molecule has 0 fully saturated rings. The van der Waals surface area contributed by atoms with Gasteiger partial charge in [-0.05, 0) is 24.6 Å². The van der Waals surface area contributed by atoms with E-state index in [-0.39, 0.29) is 0 Å². The van der Waals surface area contributed by atoms with Gasteiger partial charge in [-0.15, -0.1) is 0 Å². The van der Waals surface area contributed by atoms with E-state index < -0.39 is 17.9 Å². The van der Waals surface area contributed by atoms with E-state index in [0.717, 1.165) is 4.47 Å². The van der Waals surface area contributed by atoms with Gasteiger partial charge in [0.15, 0.2) is 0 Å². The van der Waals surface area contributed by atoms with Gasteiger partial charge in [0.05, 0.1) is 11.3 Å². The van der Waals surface area contributed by atoms with Gasteiger partial charge in [-0.1, -0.05) is 22.9 Å². The number of anilines is 1. The van der Waals surface area contributed by atoms with Crippen LogP contribution in [0.3, 0.4) is 0 Å². The minimum atomic E-state index is -0.932. The topological polar surface area (TPSA) is 83.6 Å². The monoisotopic (exact) mass is 314 g/mol. The van der Waals surface area contributed by atoms with Crippen LogP contribution in [0.25, 0.3) is 0 Å². The van der Waals surface area contributed by atoms with Crippen LogP contribution >= 0.6 is 15.9 Å². The Morgan fingerprint density at radius 1 is 1.50 bits per heavy atom. The Bertz CT molecular complexity index is 476. The Balaban J connectivity index is 3.23. The Kier molecular flexibility index (Phi) is 4.72. The van der Waals surface area contributed by atoms with Crippen molar-refractivity contribution >= 4 is 33.5 Å². The molecule has 98 valence electrons. The second-order valence-electron chi connectivity index (χ2n) is 3.90. The van der Waals surface area contributed by atoms with E-state index in [1.54, 1.807) is 37.1 Å². The van der Waals surface area contributed by atoms with Gasteiger partial charge in [-0.3, -0.25) is 4.79 Å². The quantitative estimate of drug-likeness (QED) is 0.868. The number of likely N-dealkylation sites (N-methyl/N-ethyl adjacent to an activating group) is 1. The maximum absolute atomic E-state index is 11.4. The molecule has 0 aliphatic heterocycles. The van der Waals surface area contributed by atoms with Crippen LogP contribution in [-0.4, -0.2) is 30.1 Å². The fraction of sp³-hybridized carbons (Fsp3) is 0.333. The second kappa shape index (κ2) is 5.86. The molecule has 0 aliphatic carbocycles. The molecule has 0 radical (unpaired) electrons. The van der Waals surface area contributed by atoms with Crippen LogP contribution in [0.5, 0.6) is 0 Å². The predicted molar refractivity (Wildman–Crippen MR) is 72.8 cm³/mol. The normalized spacial score (nSPS) is 11.9. The molecular weight excluding hydrogens is 300 g/mol. The second-order valence-corrected chi connectivity index (χ2v) is 4.81. The van der Waals surface area contributed by atoms with Crippen molar-refractivity contribution in [3.63, 3.8) is 0 Å². The van der Waals surface area contributed by atoms with Gasteiger partial charge in [0, 0.05) is 11.5 Å². The summed E-state index contributed by atoms with van der Waals surface area (Å²) in [6.07, 6.45) is 0.431. The number of hydrogen-bond donors (Lipinski definition) is 2. The Morgan fingerprint density at radius 2 is 2.11 bits per heavy atom. The van der Waals surface area contributed by atoms with Crippen molar-refractivity contribution in [1.29, 1.82) is 0 Å². The maximum Gasteiger partial charge on any atom is 0.326 e. The highest BCUT2D eigenvalue weighted by Gasteiger charge is 2.23. The van der Waals surface area contributed by atoms with Gasteiger partial charge >= 0.3 is 5.97 Å². The number of benzene rings is 1. The minimum absolute atomic E-state index is 0.298. The molecule has 0 aliphatic rings. The number of aliphatic carboxylic acids is 1. The van der Waals surface area contributed by atoms with Gasteiger partial charge in [0.2, 0.25) is 0 Å². The van der Waals surface area contributed by atoms with Crippen molar-refractivity contribution in [1.82, 2.24) is 0 Å². The number of nitrogens with two attached hydrogens (primary N) is 1. The zero-order chi connectivity index (χ0) is 13.9. The van der Waals surface area contributed by atoms with Crippen LogP contribution in [0.2, 0.25) is 0 Å². The summed E-state index contributed by atoms with van der Waals surface area (Å²) in [6, 6.07) is 4.31. The van der Waals surface area contributed by atoms with Crippen molar-refractivity contribution < 1.29 is 14.7 Å².